The Kier molecular flexibility index (Phi) is 12.3. The molecule has 9 heteroatoms. The SMILES string of the molecule is CN=C(NCc1cccc(COC2CCOCC2)c1)NC1CCN(CC(=O)NC)CC1.I. The first-order valence-corrected chi connectivity index (χ1v) is 11.3. The molecule has 2 aliphatic heterocycles. The van der Waals surface area contributed by atoms with Crippen LogP contribution in [-0.2, 0) is 27.4 Å². The van der Waals surface area contributed by atoms with E-state index in [4.69, 9.17) is 9.47 Å². The second-order valence-corrected chi connectivity index (χ2v) is 8.24. The molecule has 0 spiro atoms. The number of carbonyl (C=O) groups excluding carboxylic acids is 1. The number of aliphatic imine (C=N–C) groups is 1. The van der Waals surface area contributed by atoms with Gasteiger partial charge in [-0.3, -0.25) is 14.7 Å². The van der Waals surface area contributed by atoms with Gasteiger partial charge in [0.25, 0.3) is 0 Å². The summed E-state index contributed by atoms with van der Waals surface area (Å²) in [4.78, 5) is 18.1. The van der Waals surface area contributed by atoms with Crippen molar-refractivity contribution in [3.8, 4) is 0 Å². The molecule has 1 aromatic rings. The van der Waals surface area contributed by atoms with Crippen molar-refractivity contribution in [3.63, 3.8) is 0 Å². The predicted octanol–water partition coefficient (Wildman–Crippen LogP) is 1.88. The first kappa shape index (κ1) is 26.8. The van der Waals surface area contributed by atoms with Gasteiger partial charge in [0.05, 0.1) is 19.3 Å². The lowest BCUT2D eigenvalue weighted by Crippen LogP contribution is -2.49. The fourth-order valence-corrected chi connectivity index (χ4v) is 3.98. The zero-order valence-corrected chi connectivity index (χ0v) is 21.6. The van der Waals surface area contributed by atoms with E-state index in [2.05, 4.69) is 50.1 Å². The Hall–Kier alpha value is -1.43. The van der Waals surface area contributed by atoms with Crippen LogP contribution in [0.4, 0.5) is 0 Å². The number of guanidine groups is 1. The Morgan fingerprint density at radius 3 is 2.59 bits per heavy atom. The van der Waals surface area contributed by atoms with Crippen LogP contribution in [0.1, 0.15) is 36.8 Å². The molecule has 180 valence electrons. The molecule has 3 rings (SSSR count). The van der Waals surface area contributed by atoms with E-state index in [-0.39, 0.29) is 29.9 Å². The van der Waals surface area contributed by atoms with Crippen molar-refractivity contribution in [1.82, 2.24) is 20.9 Å². The van der Waals surface area contributed by atoms with Crippen molar-refractivity contribution < 1.29 is 14.3 Å². The van der Waals surface area contributed by atoms with Gasteiger partial charge in [-0.25, -0.2) is 0 Å². The zero-order valence-electron chi connectivity index (χ0n) is 19.3. The van der Waals surface area contributed by atoms with E-state index in [1.54, 1.807) is 14.1 Å². The molecular formula is C23H38IN5O3. The molecule has 2 aliphatic rings. The number of amides is 1. The summed E-state index contributed by atoms with van der Waals surface area (Å²) in [5, 5.41) is 9.63. The summed E-state index contributed by atoms with van der Waals surface area (Å²) in [6, 6.07) is 8.87. The second kappa shape index (κ2) is 14.7. The molecular weight excluding hydrogens is 521 g/mol. The fourth-order valence-electron chi connectivity index (χ4n) is 3.98. The Morgan fingerprint density at radius 2 is 1.91 bits per heavy atom. The third-order valence-electron chi connectivity index (χ3n) is 5.90. The average Bonchev–Trinajstić information content (AvgIpc) is 2.82. The average molecular weight is 559 g/mol. The van der Waals surface area contributed by atoms with Gasteiger partial charge in [0.1, 0.15) is 0 Å². The van der Waals surface area contributed by atoms with Crippen LogP contribution in [0.3, 0.4) is 0 Å². The van der Waals surface area contributed by atoms with Crippen LogP contribution >= 0.6 is 24.0 Å². The van der Waals surface area contributed by atoms with E-state index in [1.165, 1.54) is 11.1 Å². The number of benzene rings is 1. The van der Waals surface area contributed by atoms with Gasteiger partial charge in [0.2, 0.25) is 5.91 Å². The summed E-state index contributed by atoms with van der Waals surface area (Å²) in [7, 11) is 3.48. The zero-order chi connectivity index (χ0) is 21.9. The molecule has 0 bridgehead atoms. The molecule has 2 fully saturated rings. The van der Waals surface area contributed by atoms with Crippen molar-refractivity contribution >= 4 is 35.8 Å². The molecule has 3 N–H and O–H groups in total. The van der Waals surface area contributed by atoms with Gasteiger partial charge in [-0.15, -0.1) is 24.0 Å². The topological polar surface area (TPSA) is 87.2 Å². The number of halogens is 1. The number of likely N-dealkylation sites (N-methyl/N-ethyl adjacent to an activating group) is 1. The van der Waals surface area contributed by atoms with Crippen molar-refractivity contribution in [2.45, 2.75) is 51.0 Å². The van der Waals surface area contributed by atoms with Crippen LogP contribution in [-0.4, -0.2) is 75.9 Å². The van der Waals surface area contributed by atoms with Gasteiger partial charge in [-0.05, 0) is 36.8 Å². The van der Waals surface area contributed by atoms with Crippen LogP contribution in [0.25, 0.3) is 0 Å². The highest BCUT2D eigenvalue weighted by Gasteiger charge is 2.21. The third kappa shape index (κ3) is 9.21. The largest absolute Gasteiger partial charge is 0.381 e. The number of hydrogen-bond donors (Lipinski definition) is 3. The molecule has 1 amide bonds. The lowest BCUT2D eigenvalue weighted by atomic mass is 10.1. The molecule has 2 heterocycles. The maximum absolute atomic E-state index is 11.5. The van der Waals surface area contributed by atoms with Crippen LogP contribution in [0.15, 0.2) is 29.3 Å². The number of rotatable bonds is 8. The molecule has 0 aromatic heterocycles. The van der Waals surface area contributed by atoms with Gasteiger partial charge in [0.15, 0.2) is 5.96 Å². The lowest BCUT2D eigenvalue weighted by molar-refractivity contribution is -0.122. The van der Waals surface area contributed by atoms with Crippen molar-refractivity contribution in [3.05, 3.63) is 35.4 Å². The van der Waals surface area contributed by atoms with Crippen LogP contribution < -0.4 is 16.0 Å². The van der Waals surface area contributed by atoms with E-state index in [0.717, 1.165) is 57.9 Å². The first-order valence-electron chi connectivity index (χ1n) is 11.3. The first-order chi connectivity index (χ1) is 15.2. The van der Waals surface area contributed by atoms with Crippen LogP contribution in [0, 0.1) is 0 Å². The predicted molar refractivity (Wildman–Crippen MR) is 137 cm³/mol. The Bertz CT molecular complexity index is 719. The standard InChI is InChI=1S/C23H37N5O3.HI/c1-24-22(29)16-28-10-6-20(7-11-28)27-23(25-2)26-15-18-4-3-5-19(14-18)17-31-21-8-12-30-13-9-21;/h3-5,14,20-21H,6-13,15-17H2,1-2H3,(H,24,29)(H2,25,26,27);1H. The monoisotopic (exact) mass is 559 g/mol. The summed E-state index contributed by atoms with van der Waals surface area (Å²) in [6.45, 7) is 5.25. The Balaban J connectivity index is 0.00000363. The lowest BCUT2D eigenvalue weighted by Gasteiger charge is -2.32. The molecule has 0 atom stereocenters. The van der Waals surface area contributed by atoms with E-state index in [9.17, 15) is 4.79 Å². The number of likely N-dealkylation sites (tertiary alicyclic amines) is 1. The highest BCUT2D eigenvalue weighted by molar-refractivity contribution is 14.0. The Labute approximate surface area is 208 Å². The molecule has 1 aromatic carbocycles. The maximum Gasteiger partial charge on any atom is 0.233 e. The third-order valence-corrected chi connectivity index (χ3v) is 5.90. The number of nitrogens with one attached hydrogen (secondary N) is 3. The molecule has 0 radical (unpaired) electrons. The number of piperidine rings is 1. The smallest absolute Gasteiger partial charge is 0.233 e. The summed E-state index contributed by atoms with van der Waals surface area (Å²) >= 11 is 0. The molecule has 0 saturated carbocycles. The van der Waals surface area contributed by atoms with Gasteiger partial charge < -0.3 is 25.4 Å². The van der Waals surface area contributed by atoms with Gasteiger partial charge in [-0.1, -0.05) is 24.3 Å². The number of carbonyl (C=O) groups is 1. The minimum Gasteiger partial charge on any atom is -0.381 e. The van der Waals surface area contributed by atoms with Crippen molar-refractivity contribution in [2.75, 3.05) is 46.9 Å². The van der Waals surface area contributed by atoms with E-state index in [0.29, 0.717) is 31.8 Å². The van der Waals surface area contributed by atoms with Gasteiger partial charge in [-0.2, -0.15) is 0 Å². The van der Waals surface area contributed by atoms with Crippen LogP contribution in [0.5, 0.6) is 0 Å². The minimum atomic E-state index is 0. The summed E-state index contributed by atoms with van der Waals surface area (Å²) < 4.78 is 11.4. The van der Waals surface area contributed by atoms with Gasteiger partial charge in [0, 0.05) is 53.0 Å². The highest BCUT2D eigenvalue weighted by Crippen LogP contribution is 2.14. The van der Waals surface area contributed by atoms with Gasteiger partial charge >= 0.3 is 0 Å². The number of ether oxygens (including phenoxy) is 2. The van der Waals surface area contributed by atoms with E-state index < -0.39 is 0 Å². The number of nitrogens with zero attached hydrogens (tertiary/aromatic N) is 2. The Morgan fingerprint density at radius 1 is 1.19 bits per heavy atom. The second-order valence-electron chi connectivity index (χ2n) is 8.24. The fraction of sp³-hybridized carbons (Fsp3) is 0.652. The highest BCUT2D eigenvalue weighted by atomic mass is 127. The molecule has 32 heavy (non-hydrogen) atoms. The molecule has 0 unspecified atom stereocenters. The minimum absolute atomic E-state index is 0. The molecule has 0 aliphatic carbocycles. The van der Waals surface area contributed by atoms with Crippen molar-refractivity contribution in [2.24, 2.45) is 4.99 Å². The van der Waals surface area contributed by atoms with Crippen LogP contribution in [0.2, 0.25) is 0 Å². The summed E-state index contributed by atoms with van der Waals surface area (Å²) in [5.41, 5.74) is 2.40. The maximum atomic E-state index is 11.5. The quantitative estimate of drug-likeness (QED) is 0.256. The summed E-state index contributed by atoms with van der Waals surface area (Å²) in [5.74, 6) is 0.887. The summed E-state index contributed by atoms with van der Waals surface area (Å²) in [6.07, 6.45) is 4.26. The van der Waals surface area contributed by atoms with E-state index >= 15 is 0 Å². The molecule has 8 nitrogen and oxygen atoms in total. The number of hydrogen-bond acceptors (Lipinski definition) is 5. The van der Waals surface area contributed by atoms with E-state index in [1.807, 2.05) is 0 Å². The normalized spacial score (nSPS) is 18.6. The van der Waals surface area contributed by atoms with Crippen molar-refractivity contribution in [1.29, 1.82) is 0 Å². The molecule has 2 saturated heterocycles.